The first-order valence-corrected chi connectivity index (χ1v) is 2.29. The van der Waals surface area contributed by atoms with Crippen molar-refractivity contribution in [3.05, 3.63) is 0 Å². The number of hydrogen-bond acceptors (Lipinski definition) is 2. The zero-order valence-corrected chi connectivity index (χ0v) is 4.64. The summed E-state index contributed by atoms with van der Waals surface area (Å²) in [7, 11) is 0. The van der Waals surface area contributed by atoms with Crippen LogP contribution in [0.3, 0.4) is 0 Å². The van der Waals surface area contributed by atoms with E-state index in [1.165, 1.54) is 6.92 Å². The average Bonchev–Trinajstić information content (AvgIpc) is 1.65. The molecule has 42 valence electrons. The quantitative estimate of drug-likeness (QED) is 0.541. The average molecular weight is 102 g/mol. The van der Waals surface area contributed by atoms with Crippen LogP contribution in [0, 0.1) is 5.92 Å². The van der Waals surface area contributed by atoms with Gasteiger partial charge in [-0.1, -0.05) is 6.92 Å². The summed E-state index contributed by atoms with van der Waals surface area (Å²) in [5, 5.41) is 8.28. The number of carbonyl (C=O) groups excluding carboxylic acids is 1. The Morgan fingerprint density at radius 2 is 2.29 bits per heavy atom. The number of rotatable bonds is 2. The number of aliphatic hydroxyl groups is 1. The van der Waals surface area contributed by atoms with E-state index < -0.39 is 0 Å². The predicted molar refractivity (Wildman–Crippen MR) is 26.9 cm³/mol. The van der Waals surface area contributed by atoms with Gasteiger partial charge in [-0.15, -0.1) is 0 Å². The molecule has 0 aliphatic rings. The van der Waals surface area contributed by atoms with Gasteiger partial charge in [0.25, 0.3) is 0 Å². The molecule has 0 aliphatic heterocycles. The molecule has 0 unspecified atom stereocenters. The summed E-state index contributed by atoms with van der Waals surface area (Å²) in [4.78, 5) is 10.2. The van der Waals surface area contributed by atoms with E-state index >= 15 is 0 Å². The summed E-state index contributed by atoms with van der Waals surface area (Å²) in [6, 6.07) is 0. The minimum atomic E-state index is -0.181. The number of Topliss-reactive ketones (excluding diaryl/α,β-unsaturated/α-hetero) is 1. The van der Waals surface area contributed by atoms with Crippen molar-refractivity contribution in [1.29, 1.82) is 0 Å². The Bertz CT molecular complexity index is 68.5. The van der Waals surface area contributed by atoms with Crippen LogP contribution in [-0.2, 0) is 4.79 Å². The van der Waals surface area contributed by atoms with Gasteiger partial charge in [0.1, 0.15) is 5.78 Å². The van der Waals surface area contributed by atoms with Gasteiger partial charge < -0.3 is 5.11 Å². The van der Waals surface area contributed by atoms with Crippen LogP contribution >= 0.6 is 0 Å². The maximum Gasteiger partial charge on any atom is 0.134 e. The lowest BCUT2D eigenvalue weighted by atomic mass is 10.1. The van der Waals surface area contributed by atoms with Gasteiger partial charge in [0, 0.05) is 5.92 Å². The van der Waals surface area contributed by atoms with Crippen LogP contribution in [0.25, 0.3) is 0 Å². The number of hydrogen-bond donors (Lipinski definition) is 1. The Morgan fingerprint density at radius 1 is 1.86 bits per heavy atom. The number of carbonyl (C=O) groups is 1. The summed E-state index contributed by atoms with van der Waals surface area (Å²) in [6.45, 7) is 3.14. The minimum absolute atomic E-state index is 0.0324. The van der Waals surface area contributed by atoms with Gasteiger partial charge in [0.05, 0.1) is 6.61 Å². The second-order valence-electron chi connectivity index (χ2n) is 1.69. The smallest absolute Gasteiger partial charge is 0.134 e. The van der Waals surface area contributed by atoms with Crippen molar-refractivity contribution in [3.8, 4) is 0 Å². The minimum Gasteiger partial charge on any atom is -0.396 e. The Kier molecular flexibility index (Phi) is 2.60. The number of aliphatic hydroxyl groups excluding tert-OH is 1. The fraction of sp³-hybridized carbons (Fsp3) is 0.800. The van der Waals surface area contributed by atoms with Crippen molar-refractivity contribution >= 4 is 5.78 Å². The van der Waals surface area contributed by atoms with Crippen molar-refractivity contribution in [2.45, 2.75) is 13.8 Å². The third kappa shape index (κ3) is 2.34. The molecule has 0 bridgehead atoms. The standard InChI is InChI=1S/C5H10O2/c1-4(3-6)5(2)7/h4,6H,3H2,1-2H3/t4-/m0/s1. The van der Waals surface area contributed by atoms with Crippen molar-refractivity contribution in [1.82, 2.24) is 0 Å². The zero-order chi connectivity index (χ0) is 5.86. The fourth-order valence-corrected chi connectivity index (χ4v) is 0.129. The van der Waals surface area contributed by atoms with Gasteiger partial charge in [-0.05, 0) is 6.92 Å². The lowest BCUT2D eigenvalue weighted by Gasteiger charge is -1.97. The maximum absolute atomic E-state index is 10.2. The summed E-state index contributed by atoms with van der Waals surface area (Å²) in [5.41, 5.74) is 0. The first-order valence-electron chi connectivity index (χ1n) is 2.29. The van der Waals surface area contributed by atoms with Crippen LogP contribution in [-0.4, -0.2) is 17.5 Å². The second-order valence-corrected chi connectivity index (χ2v) is 1.69. The van der Waals surface area contributed by atoms with E-state index in [1.54, 1.807) is 6.92 Å². The molecule has 2 heteroatoms. The van der Waals surface area contributed by atoms with Crippen LogP contribution in [0.2, 0.25) is 0 Å². The highest BCUT2D eigenvalue weighted by Crippen LogP contribution is 1.91. The first-order chi connectivity index (χ1) is 3.18. The topological polar surface area (TPSA) is 37.3 Å². The molecule has 7 heavy (non-hydrogen) atoms. The first kappa shape index (κ1) is 6.63. The molecule has 2 nitrogen and oxygen atoms in total. The van der Waals surface area contributed by atoms with Gasteiger partial charge in [0.2, 0.25) is 0 Å². The molecule has 1 N–H and O–H groups in total. The van der Waals surface area contributed by atoms with E-state index in [0.717, 1.165) is 0 Å². The highest BCUT2D eigenvalue weighted by atomic mass is 16.3. The van der Waals surface area contributed by atoms with E-state index in [0.29, 0.717) is 0 Å². The fourth-order valence-electron chi connectivity index (χ4n) is 0.129. The zero-order valence-electron chi connectivity index (χ0n) is 4.64. The van der Waals surface area contributed by atoms with Crippen LogP contribution < -0.4 is 0 Å². The molecular formula is C5H10O2. The van der Waals surface area contributed by atoms with Crippen LogP contribution in [0.4, 0.5) is 0 Å². The van der Waals surface area contributed by atoms with Gasteiger partial charge in [-0.3, -0.25) is 4.79 Å². The molecule has 0 fully saturated rings. The third-order valence-corrected chi connectivity index (χ3v) is 0.968. The van der Waals surface area contributed by atoms with Crippen molar-refractivity contribution in [3.63, 3.8) is 0 Å². The Morgan fingerprint density at radius 3 is 2.29 bits per heavy atom. The summed E-state index contributed by atoms with van der Waals surface area (Å²) in [5.74, 6) is -0.137. The monoisotopic (exact) mass is 102 g/mol. The summed E-state index contributed by atoms with van der Waals surface area (Å²) in [6.07, 6.45) is 0. The predicted octanol–water partition coefficient (Wildman–Crippen LogP) is 0.204. The normalized spacial score (nSPS) is 13.6. The molecule has 0 saturated heterocycles. The van der Waals surface area contributed by atoms with Gasteiger partial charge in [0.15, 0.2) is 0 Å². The molecule has 0 spiro atoms. The van der Waals surface area contributed by atoms with E-state index in [9.17, 15) is 4.79 Å². The van der Waals surface area contributed by atoms with Gasteiger partial charge in [-0.2, -0.15) is 0 Å². The van der Waals surface area contributed by atoms with E-state index in [1.807, 2.05) is 0 Å². The molecule has 0 aromatic carbocycles. The van der Waals surface area contributed by atoms with Crippen molar-refractivity contribution in [2.24, 2.45) is 5.92 Å². The van der Waals surface area contributed by atoms with Crippen LogP contribution in [0.5, 0.6) is 0 Å². The van der Waals surface area contributed by atoms with E-state index in [-0.39, 0.29) is 18.3 Å². The van der Waals surface area contributed by atoms with Crippen LogP contribution in [0.1, 0.15) is 13.8 Å². The third-order valence-electron chi connectivity index (χ3n) is 0.968. The molecule has 0 amide bonds. The lowest BCUT2D eigenvalue weighted by Crippen LogP contribution is -2.09. The highest BCUT2D eigenvalue weighted by molar-refractivity contribution is 5.77. The van der Waals surface area contributed by atoms with E-state index in [4.69, 9.17) is 5.11 Å². The summed E-state index contributed by atoms with van der Waals surface area (Å²) < 4.78 is 0. The SMILES string of the molecule is CC(=O)[C@@H](C)CO. The summed E-state index contributed by atoms with van der Waals surface area (Å²) >= 11 is 0. The highest BCUT2D eigenvalue weighted by Gasteiger charge is 2.02. The second kappa shape index (κ2) is 2.75. The molecule has 0 heterocycles. The van der Waals surface area contributed by atoms with Gasteiger partial charge >= 0.3 is 0 Å². The molecule has 0 saturated carbocycles. The maximum atomic E-state index is 10.2. The molecule has 0 aromatic heterocycles. The number of ketones is 1. The molecule has 0 aromatic rings. The Balaban J connectivity index is 3.34. The Labute approximate surface area is 43.2 Å². The molecular weight excluding hydrogens is 92.1 g/mol. The lowest BCUT2D eigenvalue weighted by molar-refractivity contribution is -0.121. The molecule has 1 atom stereocenters. The van der Waals surface area contributed by atoms with Crippen molar-refractivity contribution < 1.29 is 9.90 Å². The van der Waals surface area contributed by atoms with E-state index in [2.05, 4.69) is 0 Å². The largest absolute Gasteiger partial charge is 0.396 e. The van der Waals surface area contributed by atoms with Crippen LogP contribution in [0.15, 0.2) is 0 Å². The molecule has 0 rings (SSSR count). The van der Waals surface area contributed by atoms with Crippen molar-refractivity contribution in [2.75, 3.05) is 6.61 Å². The van der Waals surface area contributed by atoms with Gasteiger partial charge in [-0.25, -0.2) is 0 Å². The Hall–Kier alpha value is -0.370. The molecule has 0 radical (unpaired) electrons. The molecule has 0 aliphatic carbocycles.